The third-order valence-corrected chi connectivity index (χ3v) is 11.7. The lowest BCUT2D eigenvalue weighted by molar-refractivity contribution is 0.632. The molecule has 1 aromatic heterocycles. The Balaban J connectivity index is 1.15. The standard InChI is InChI=1S/C51H41N5/c1-50(2)39-24-8-12-28-43(39)55(44-29-13-9-25-40(44)50)37-22-16-20-35(32-37)47-48(53-54-49(52-47)34-18-6-5-7-19-34)36-21-17-23-38(33-36)56-45-30-14-10-26-41(45)51(3,4)42-27-11-15-31-46(42)56/h5-33H,1-4H3. The minimum Gasteiger partial charge on any atom is -0.310 e. The van der Waals surface area contributed by atoms with E-state index in [-0.39, 0.29) is 10.8 Å². The lowest BCUT2D eigenvalue weighted by Crippen LogP contribution is -2.30. The van der Waals surface area contributed by atoms with E-state index in [4.69, 9.17) is 15.2 Å². The molecule has 0 unspecified atom stereocenters. The van der Waals surface area contributed by atoms with Crippen LogP contribution in [0.2, 0.25) is 0 Å². The summed E-state index contributed by atoms with van der Waals surface area (Å²) in [6.07, 6.45) is 0. The van der Waals surface area contributed by atoms with Crippen LogP contribution in [0.1, 0.15) is 49.9 Å². The van der Waals surface area contributed by atoms with Crippen molar-refractivity contribution in [3.8, 4) is 33.9 Å². The van der Waals surface area contributed by atoms with Crippen molar-refractivity contribution in [2.75, 3.05) is 9.80 Å². The zero-order valence-corrected chi connectivity index (χ0v) is 32.0. The monoisotopic (exact) mass is 723 g/mol. The summed E-state index contributed by atoms with van der Waals surface area (Å²) in [5.41, 5.74) is 16.0. The molecule has 0 amide bonds. The molecule has 10 rings (SSSR count). The zero-order valence-electron chi connectivity index (χ0n) is 32.0. The normalized spacial score (nSPS) is 14.6. The number of nitrogens with zero attached hydrogens (tertiary/aromatic N) is 5. The van der Waals surface area contributed by atoms with E-state index in [0.717, 1.165) is 39.5 Å². The molecule has 56 heavy (non-hydrogen) atoms. The maximum atomic E-state index is 5.31. The molecular formula is C51H41N5. The van der Waals surface area contributed by atoms with Crippen molar-refractivity contribution in [1.29, 1.82) is 0 Å². The van der Waals surface area contributed by atoms with Gasteiger partial charge in [0.1, 0.15) is 11.4 Å². The van der Waals surface area contributed by atoms with E-state index in [1.165, 1.54) is 45.0 Å². The summed E-state index contributed by atoms with van der Waals surface area (Å²) in [6, 6.07) is 62.5. The van der Waals surface area contributed by atoms with E-state index < -0.39 is 0 Å². The highest BCUT2D eigenvalue weighted by atomic mass is 15.2. The number of rotatable bonds is 5. The van der Waals surface area contributed by atoms with E-state index in [1.54, 1.807) is 0 Å². The van der Waals surface area contributed by atoms with Crippen molar-refractivity contribution in [2.24, 2.45) is 0 Å². The predicted molar refractivity (Wildman–Crippen MR) is 230 cm³/mol. The Labute approximate surface area is 328 Å². The van der Waals surface area contributed by atoms with Gasteiger partial charge in [0.2, 0.25) is 0 Å². The van der Waals surface area contributed by atoms with Gasteiger partial charge in [-0.2, -0.15) is 0 Å². The van der Waals surface area contributed by atoms with Gasteiger partial charge in [0.15, 0.2) is 5.82 Å². The zero-order chi connectivity index (χ0) is 38.0. The van der Waals surface area contributed by atoms with E-state index in [9.17, 15) is 0 Å². The summed E-state index contributed by atoms with van der Waals surface area (Å²) in [5.74, 6) is 0.586. The van der Waals surface area contributed by atoms with Gasteiger partial charge in [-0.15, -0.1) is 10.2 Å². The largest absolute Gasteiger partial charge is 0.310 e. The highest BCUT2D eigenvalue weighted by molar-refractivity contribution is 5.91. The molecule has 0 saturated heterocycles. The lowest BCUT2D eigenvalue weighted by atomic mass is 9.73. The average molecular weight is 724 g/mol. The summed E-state index contributed by atoms with van der Waals surface area (Å²) >= 11 is 0. The number of hydrogen-bond donors (Lipinski definition) is 0. The van der Waals surface area contributed by atoms with Crippen molar-refractivity contribution in [2.45, 2.75) is 38.5 Å². The summed E-state index contributed by atoms with van der Waals surface area (Å²) in [6.45, 7) is 9.27. The van der Waals surface area contributed by atoms with Crippen LogP contribution in [0.25, 0.3) is 33.9 Å². The number of aromatic nitrogens is 3. The first kappa shape index (κ1) is 33.7. The van der Waals surface area contributed by atoms with Crippen molar-refractivity contribution in [3.05, 3.63) is 198 Å². The maximum absolute atomic E-state index is 5.31. The van der Waals surface area contributed by atoms with Gasteiger partial charge in [0.25, 0.3) is 0 Å². The number of hydrogen-bond acceptors (Lipinski definition) is 5. The second-order valence-electron chi connectivity index (χ2n) is 15.8. The van der Waals surface area contributed by atoms with Gasteiger partial charge in [0, 0.05) is 38.9 Å². The molecule has 7 aromatic carbocycles. The molecule has 270 valence electrons. The third-order valence-electron chi connectivity index (χ3n) is 11.7. The molecule has 0 bridgehead atoms. The average Bonchev–Trinajstić information content (AvgIpc) is 3.24. The molecule has 3 heterocycles. The summed E-state index contributed by atoms with van der Waals surface area (Å²) in [5, 5.41) is 9.74. The van der Waals surface area contributed by atoms with Gasteiger partial charge < -0.3 is 9.80 Å². The molecule has 0 atom stereocenters. The molecule has 8 aromatic rings. The minimum absolute atomic E-state index is 0.146. The third kappa shape index (κ3) is 5.26. The van der Waals surface area contributed by atoms with Crippen LogP contribution in [0, 0.1) is 0 Å². The Hall–Kier alpha value is -6.85. The van der Waals surface area contributed by atoms with Crippen LogP contribution in [0.4, 0.5) is 34.1 Å². The number of para-hydroxylation sites is 4. The smallest absolute Gasteiger partial charge is 0.182 e. The Morgan fingerprint density at radius 1 is 0.357 bits per heavy atom. The molecule has 0 spiro atoms. The second kappa shape index (κ2) is 12.9. The van der Waals surface area contributed by atoms with Gasteiger partial charge in [-0.25, -0.2) is 4.98 Å². The van der Waals surface area contributed by atoms with Crippen LogP contribution >= 0.6 is 0 Å². The van der Waals surface area contributed by atoms with Gasteiger partial charge in [-0.3, -0.25) is 0 Å². The van der Waals surface area contributed by atoms with Crippen LogP contribution in [-0.4, -0.2) is 15.2 Å². The Kier molecular flexibility index (Phi) is 7.75. The number of benzene rings is 7. The Morgan fingerprint density at radius 3 is 1.18 bits per heavy atom. The predicted octanol–water partition coefficient (Wildman–Crippen LogP) is 13.1. The summed E-state index contributed by atoms with van der Waals surface area (Å²) < 4.78 is 0. The Bertz CT molecular complexity index is 2690. The van der Waals surface area contributed by atoms with E-state index in [1.807, 2.05) is 30.3 Å². The molecule has 2 aliphatic rings. The molecule has 2 aliphatic heterocycles. The van der Waals surface area contributed by atoms with Gasteiger partial charge in [-0.1, -0.05) is 155 Å². The highest BCUT2D eigenvalue weighted by Gasteiger charge is 2.38. The van der Waals surface area contributed by atoms with Crippen LogP contribution in [0.5, 0.6) is 0 Å². The quantitative estimate of drug-likeness (QED) is 0.177. The molecule has 0 saturated carbocycles. The summed E-state index contributed by atoms with van der Waals surface area (Å²) in [4.78, 5) is 10.1. The molecule has 0 aliphatic carbocycles. The molecule has 5 heteroatoms. The number of fused-ring (bicyclic) bond motifs is 4. The SMILES string of the molecule is CC1(C)c2ccccc2N(c2cccc(-c3nnc(-c4ccccc4)nc3-c3cccc(N4c5ccccc5C(C)(C)c5ccccc54)c3)c2)c2ccccc21. The molecule has 0 radical (unpaired) electrons. The van der Waals surface area contributed by atoms with Gasteiger partial charge in [-0.05, 0) is 70.8 Å². The van der Waals surface area contributed by atoms with E-state index >= 15 is 0 Å². The van der Waals surface area contributed by atoms with Crippen molar-refractivity contribution in [1.82, 2.24) is 15.2 Å². The summed E-state index contributed by atoms with van der Waals surface area (Å²) in [7, 11) is 0. The fourth-order valence-corrected chi connectivity index (χ4v) is 8.91. The lowest BCUT2D eigenvalue weighted by Gasteiger charge is -2.42. The van der Waals surface area contributed by atoms with E-state index in [0.29, 0.717) is 5.82 Å². The van der Waals surface area contributed by atoms with Crippen molar-refractivity contribution >= 4 is 34.1 Å². The first-order chi connectivity index (χ1) is 27.3. The minimum atomic E-state index is -0.147. The Morgan fingerprint density at radius 2 is 0.732 bits per heavy atom. The first-order valence-electron chi connectivity index (χ1n) is 19.3. The van der Waals surface area contributed by atoms with Crippen LogP contribution in [-0.2, 0) is 10.8 Å². The topological polar surface area (TPSA) is 45.2 Å². The number of anilines is 6. The molecule has 0 fully saturated rings. The van der Waals surface area contributed by atoms with Crippen LogP contribution < -0.4 is 9.80 Å². The molecule has 5 nitrogen and oxygen atoms in total. The fraction of sp³-hybridized carbons (Fsp3) is 0.118. The fourth-order valence-electron chi connectivity index (χ4n) is 8.91. The molecular weight excluding hydrogens is 683 g/mol. The maximum Gasteiger partial charge on any atom is 0.182 e. The first-order valence-corrected chi connectivity index (χ1v) is 19.3. The van der Waals surface area contributed by atoms with Crippen molar-refractivity contribution in [3.63, 3.8) is 0 Å². The molecule has 0 N–H and O–H groups in total. The highest BCUT2D eigenvalue weighted by Crippen LogP contribution is 2.53. The van der Waals surface area contributed by atoms with Crippen molar-refractivity contribution < 1.29 is 0 Å². The van der Waals surface area contributed by atoms with Crippen LogP contribution in [0.15, 0.2) is 176 Å². The second-order valence-corrected chi connectivity index (χ2v) is 15.8. The van der Waals surface area contributed by atoms with E-state index in [2.05, 4.69) is 183 Å². The van der Waals surface area contributed by atoms with Gasteiger partial charge in [0.05, 0.1) is 22.7 Å². The van der Waals surface area contributed by atoms with Crippen LogP contribution in [0.3, 0.4) is 0 Å². The van der Waals surface area contributed by atoms with Gasteiger partial charge >= 0.3 is 0 Å².